The van der Waals surface area contributed by atoms with Crippen LogP contribution in [-0.2, 0) is 0 Å². The van der Waals surface area contributed by atoms with Gasteiger partial charge < -0.3 is 0 Å². The Labute approximate surface area is 73.3 Å². The number of nitrogens with zero attached hydrogens (tertiary/aromatic N) is 2. The van der Waals surface area contributed by atoms with E-state index >= 15 is 0 Å². The predicted molar refractivity (Wildman–Crippen MR) is 49.1 cm³/mol. The van der Waals surface area contributed by atoms with Gasteiger partial charge in [-0.15, -0.1) is 0 Å². The van der Waals surface area contributed by atoms with Crippen molar-refractivity contribution in [3.63, 3.8) is 0 Å². The fraction of sp³-hybridized carbons (Fsp3) is 0.571. The van der Waals surface area contributed by atoms with Crippen molar-refractivity contribution in [3.05, 3.63) is 0 Å². The first-order valence-electron chi connectivity index (χ1n) is 3.62. The minimum atomic E-state index is -0.0787. The number of aliphatic imine (C=N–C) groups is 2. The van der Waals surface area contributed by atoms with Gasteiger partial charge in [0, 0.05) is 12.1 Å². The number of alkyl halides is 1. The first-order valence-corrected chi connectivity index (χ1v) is 4.54. The molecule has 0 aromatic heterocycles. The lowest BCUT2D eigenvalue weighted by Gasteiger charge is -2.08. The minimum Gasteiger partial charge on any atom is -0.285 e. The van der Waals surface area contributed by atoms with Crippen molar-refractivity contribution in [1.29, 1.82) is 5.41 Å². The highest BCUT2D eigenvalue weighted by molar-refractivity contribution is 9.10. The van der Waals surface area contributed by atoms with Crippen molar-refractivity contribution in [2.45, 2.75) is 17.7 Å². The summed E-state index contributed by atoms with van der Waals surface area (Å²) in [6.07, 6.45) is 4.12. The summed E-state index contributed by atoms with van der Waals surface area (Å²) in [5.74, 6) is 1.78. The van der Waals surface area contributed by atoms with Gasteiger partial charge in [-0.05, 0) is 12.8 Å². The molecule has 0 bridgehead atoms. The molecule has 3 nitrogen and oxygen atoms in total. The summed E-state index contributed by atoms with van der Waals surface area (Å²) in [5.41, 5.74) is 0. The van der Waals surface area contributed by atoms with E-state index in [0.717, 1.165) is 5.84 Å². The largest absolute Gasteiger partial charge is 0.285 e. The van der Waals surface area contributed by atoms with Crippen LogP contribution >= 0.6 is 15.9 Å². The van der Waals surface area contributed by atoms with Crippen LogP contribution in [0.1, 0.15) is 12.8 Å². The predicted octanol–water partition coefficient (Wildman–Crippen LogP) is 1.62. The van der Waals surface area contributed by atoms with Crippen LogP contribution in [0.25, 0.3) is 0 Å². The Morgan fingerprint density at radius 2 is 2.27 bits per heavy atom. The van der Waals surface area contributed by atoms with Crippen molar-refractivity contribution < 1.29 is 0 Å². The molecule has 1 N–H and O–H groups in total. The molecule has 0 radical (unpaired) electrons. The molecule has 1 fully saturated rings. The maximum Gasteiger partial charge on any atom is 0.141 e. The zero-order valence-corrected chi connectivity index (χ0v) is 7.50. The van der Waals surface area contributed by atoms with Gasteiger partial charge in [-0.1, -0.05) is 15.9 Å². The third kappa shape index (κ3) is 1.40. The maximum atomic E-state index is 7.42. The van der Waals surface area contributed by atoms with E-state index in [2.05, 4.69) is 25.9 Å². The van der Waals surface area contributed by atoms with Crippen molar-refractivity contribution in [3.8, 4) is 0 Å². The first-order chi connectivity index (χ1) is 5.27. The first kappa shape index (κ1) is 7.16. The maximum absolute atomic E-state index is 7.42. The molecule has 2 aliphatic rings. The van der Waals surface area contributed by atoms with E-state index in [1.165, 1.54) is 12.8 Å². The van der Waals surface area contributed by atoms with Crippen LogP contribution in [0.3, 0.4) is 0 Å². The van der Waals surface area contributed by atoms with Gasteiger partial charge >= 0.3 is 0 Å². The van der Waals surface area contributed by atoms with Crippen LogP contribution in [0.5, 0.6) is 0 Å². The lowest BCUT2D eigenvalue weighted by atomic mass is 10.3. The van der Waals surface area contributed by atoms with Crippen molar-refractivity contribution in [2.24, 2.45) is 15.9 Å². The summed E-state index contributed by atoms with van der Waals surface area (Å²) < 4.78 is 0. The number of halogens is 1. The van der Waals surface area contributed by atoms with Crippen molar-refractivity contribution in [1.82, 2.24) is 0 Å². The van der Waals surface area contributed by atoms with Gasteiger partial charge in [-0.3, -0.25) is 5.41 Å². The summed E-state index contributed by atoms with van der Waals surface area (Å²) in [5, 5.41) is 7.42. The Kier molecular flexibility index (Phi) is 1.64. The van der Waals surface area contributed by atoms with E-state index < -0.39 is 0 Å². The molecule has 0 saturated heterocycles. The summed E-state index contributed by atoms with van der Waals surface area (Å²) in [4.78, 5) is 8.16. The number of hydrogen-bond acceptors (Lipinski definition) is 2. The Hall–Kier alpha value is -0.510. The van der Waals surface area contributed by atoms with Gasteiger partial charge in [0.25, 0.3) is 0 Å². The van der Waals surface area contributed by atoms with Gasteiger partial charge in [0.2, 0.25) is 0 Å². The third-order valence-electron chi connectivity index (χ3n) is 1.78. The smallest absolute Gasteiger partial charge is 0.141 e. The number of rotatable bonds is 1. The van der Waals surface area contributed by atoms with Gasteiger partial charge in [0.05, 0.1) is 0 Å². The van der Waals surface area contributed by atoms with Gasteiger partial charge in [0.15, 0.2) is 0 Å². The molecule has 1 aliphatic heterocycles. The van der Waals surface area contributed by atoms with Gasteiger partial charge in [0.1, 0.15) is 16.5 Å². The summed E-state index contributed by atoms with van der Waals surface area (Å²) >= 11 is 3.27. The third-order valence-corrected chi connectivity index (χ3v) is 2.45. The lowest BCUT2D eigenvalue weighted by molar-refractivity contribution is 1.14. The van der Waals surface area contributed by atoms with Crippen LogP contribution in [0.15, 0.2) is 9.98 Å². The molecule has 0 aromatic carbocycles. The van der Waals surface area contributed by atoms with E-state index in [4.69, 9.17) is 5.41 Å². The fourth-order valence-electron chi connectivity index (χ4n) is 0.965. The average Bonchev–Trinajstić information content (AvgIpc) is 2.77. The highest BCUT2D eigenvalue weighted by atomic mass is 79.9. The Morgan fingerprint density at radius 3 is 2.82 bits per heavy atom. The molecule has 0 aromatic rings. The highest BCUT2D eigenvalue weighted by Gasteiger charge is 2.29. The molecule has 4 heteroatoms. The second-order valence-corrected chi connectivity index (χ2v) is 3.80. The molecule has 1 heterocycles. The fourth-order valence-corrected chi connectivity index (χ4v) is 1.19. The molecule has 0 amide bonds. The van der Waals surface area contributed by atoms with Crippen LogP contribution in [0.2, 0.25) is 0 Å². The normalized spacial score (nSPS) is 30.5. The SMILES string of the molecule is N=C1N=C(C2CC2)N=CC1Br. The molecule has 1 atom stereocenters. The van der Waals surface area contributed by atoms with E-state index in [1.54, 1.807) is 6.21 Å². The van der Waals surface area contributed by atoms with E-state index in [-0.39, 0.29) is 4.83 Å². The number of nitrogens with one attached hydrogen (secondary N) is 1. The monoisotopic (exact) mass is 213 g/mol. The molecule has 2 rings (SSSR count). The topological polar surface area (TPSA) is 48.6 Å². The summed E-state index contributed by atoms with van der Waals surface area (Å²) in [7, 11) is 0. The number of amidine groups is 2. The van der Waals surface area contributed by atoms with Crippen LogP contribution in [-0.4, -0.2) is 22.7 Å². The summed E-state index contributed by atoms with van der Waals surface area (Å²) in [6.45, 7) is 0. The minimum absolute atomic E-state index is 0.0787. The molecule has 58 valence electrons. The zero-order chi connectivity index (χ0) is 7.84. The van der Waals surface area contributed by atoms with Crippen LogP contribution in [0.4, 0.5) is 0 Å². The second kappa shape index (κ2) is 2.52. The Balaban J connectivity index is 2.17. The van der Waals surface area contributed by atoms with Crippen molar-refractivity contribution in [2.75, 3.05) is 0 Å². The van der Waals surface area contributed by atoms with Crippen LogP contribution in [0, 0.1) is 11.3 Å². The van der Waals surface area contributed by atoms with Gasteiger partial charge in [-0.25, -0.2) is 9.98 Å². The quantitative estimate of drug-likeness (QED) is 0.645. The van der Waals surface area contributed by atoms with E-state index in [9.17, 15) is 0 Å². The zero-order valence-electron chi connectivity index (χ0n) is 5.92. The second-order valence-electron chi connectivity index (χ2n) is 2.81. The average molecular weight is 214 g/mol. The Bertz CT molecular complexity index is 252. The summed E-state index contributed by atoms with van der Waals surface area (Å²) in [6, 6.07) is 0. The molecule has 1 unspecified atom stereocenters. The molecule has 1 saturated carbocycles. The molecule has 0 spiro atoms. The Morgan fingerprint density at radius 1 is 1.55 bits per heavy atom. The van der Waals surface area contributed by atoms with Gasteiger partial charge in [-0.2, -0.15) is 0 Å². The van der Waals surface area contributed by atoms with Crippen LogP contribution < -0.4 is 0 Å². The molecule has 1 aliphatic carbocycles. The van der Waals surface area contributed by atoms with E-state index in [1.807, 2.05) is 0 Å². The van der Waals surface area contributed by atoms with E-state index in [0.29, 0.717) is 11.8 Å². The molecular formula is C7H8BrN3. The standard InChI is InChI=1S/C7H8BrN3/c8-5-3-10-7(4-1-2-4)11-6(5)9/h3-5,9H,1-2H2. The number of hydrogen-bond donors (Lipinski definition) is 1. The highest BCUT2D eigenvalue weighted by Crippen LogP contribution is 2.32. The lowest BCUT2D eigenvalue weighted by Crippen LogP contribution is -2.20. The molecule has 11 heavy (non-hydrogen) atoms. The van der Waals surface area contributed by atoms with Crippen molar-refractivity contribution >= 4 is 33.8 Å². The molecular weight excluding hydrogens is 206 g/mol.